The first-order valence-electron chi connectivity index (χ1n) is 11.5. The number of nitrogens with zero attached hydrogens (tertiary/aromatic N) is 2. The smallest absolute Gasteiger partial charge is 0.270 e. The molecule has 3 aliphatic heterocycles. The molecule has 2 saturated heterocycles. The van der Waals surface area contributed by atoms with E-state index in [-0.39, 0.29) is 34.9 Å². The maximum atomic E-state index is 14.3. The summed E-state index contributed by atoms with van der Waals surface area (Å²) in [5.41, 5.74) is 1.53. The molecule has 1 N–H and O–H groups in total. The predicted octanol–water partition coefficient (Wildman–Crippen LogP) is 4.50. The maximum Gasteiger partial charge on any atom is 0.270 e. The number of carbonyl (C=O) groups excluding carboxylic acids is 2. The molecule has 2 fully saturated rings. The lowest BCUT2D eigenvalue weighted by molar-refractivity contribution is -0.384. The number of anilines is 1. The van der Waals surface area contributed by atoms with Crippen molar-refractivity contribution in [1.29, 1.82) is 0 Å². The monoisotopic (exact) mass is 453 g/mol. The van der Waals surface area contributed by atoms with Crippen molar-refractivity contribution < 1.29 is 14.5 Å². The van der Waals surface area contributed by atoms with E-state index in [1.54, 1.807) is 6.07 Å². The maximum absolute atomic E-state index is 14.3. The average Bonchev–Trinajstić information content (AvgIpc) is 3.52. The van der Waals surface area contributed by atoms with Crippen LogP contribution in [0.5, 0.6) is 0 Å². The number of rotatable bonds is 4. The van der Waals surface area contributed by atoms with Gasteiger partial charge in [0.05, 0.1) is 10.8 Å². The fraction of sp³-hybridized carbons (Fsp3) is 0.259. The highest BCUT2D eigenvalue weighted by Gasteiger charge is 2.69. The predicted molar refractivity (Wildman–Crippen MR) is 127 cm³/mol. The Kier molecular flexibility index (Phi) is 4.64. The minimum atomic E-state index is -1.15. The standard InChI is InChI=1S/C27H23N3O4/c31-25(18-10-6-11-19(16-18)30(33)34)24-23(17-8-2-1-3-9-17)22-14-7-15-29(22)27(24)20-12-4-5-13-21(20)28-26(27)32/h1-6,8-13,16,22-24H,7,14-15H2,(H,28,32)/t22?,23?,24?,27-/m1/s1. The van der Waals surface area contributed by atoms with Gasteiger partial charge in [0.1, 0.15) is 5.54 Å². The molecular formula is C27H23N3O4. The van der Waals surface area contributed by atoms with Gasteiger partial charge in [0, 0.05) is 40.9 Å². The minimum Gasteiger partial charge on any atom is -0.324 e. The molecule has 0 radical (unpaired) electrons. The van der Waals surface area contributed by atoms with Crippen molar-refractivity contribution in [1.82, 2.24) is 4.90 Å². The lowest BCUT2D eigenvalue weighted by Gasteiger charge is -2.36. The molecule has 34 heavy (non-hydrogen) atoms. The van der Waals surface area contributed by atoms with Crippen LogP contribution in [0.1, 0.15) is 40.2 Å². The summed E-state index contributed by atoms with van der Waals surface area (Å²) < 4.78 is 0. The van der Waals surface area contributed by atoms with E-state index < -0.39 is 16.4 Å². The molecule has 6 rings (SSSR count). The molecule has 3 heterocycles. The van der Waals surface area contributed by atoms with Crippen LogP contribution in [0.3, 0.4) is 0 Å². The molecule has 3 unspecified atom stereocenters. The number of benzene rings is 3. The van der Waals surface area contributed by atoms with Crippen molar-refractivity contribution in [2.45, 2.75) is 30.3 Å². The van der Waals surface area contributed by atoms with Gasteiger partial charge in [-0.3, -0.25) is 24.6 Å². The van der Waals surface area contributed by atoms with Crippen molar-refractivity contribution in [2.75, 3.05) is 11.9 Å². The number of nitro groups is 1. The van der Waals surface area contributed by atoms with Crippen LogP contribution in [-0.2, 0) is 10.3 Å². The molecule has 0 saturated carbocycles. The van der Waals surface area contributed by atoms with E-state index in [0.717, 1.165) is 29.7 Å². The summed E-state index contributed by atoms with van der Waals surface area (Å²) in [6.45, 7) is 0.717. The van der Waals surface area contributed by atoms with Crippen LogP contribution in [0.15, 0.2) is 78.9 Å². The molecule has 1 spiro atoms. The molecule has 7 heteroatoms. The first-order valence-corrected chi connectivity index (χ1v) is 11.5. The van der Waals surface area contributed by atoms with Crippen LogP contribution in [0.25, 0.3) is 0 Å². The zero-order chi connectivity index (χ0) is 23.4. The number of nitrogens with one attached hydrogen (secondary N) is 1. The summed E-state index contributed by atoms with van der Waals surface area (Å²) >= 11 is 0. The normalized spacial score (nSPS) is 27.4. The van der Waals surface area contributed by atoms with E-state index in [4.69, 9.17) is 0 Å². The third-order valence-corrected chi connectivity index (χ3v) is 7.72. The molecule has 170 valence electrons. The van der Waals surface area contributed by atoms with E-state index in [2.05, 4.69) is 10.2 Å². The number of ketones is 1. The van der Waals surface area contributed by atoms with E-state index >= 15 is 0 Å². The largest absolute Gasteiger partial charge is 0.324 e. The van der Waals surface area contributed by atoms with Crippen LogP contribution >= 0.6 is 0 Å². The molecule has 0 bridgehead atoms. The molecule has 3 aromatic rings. The molecule has 0 aliphatic carbocycles. The SMILES string of the molecule is O=C(c1cccc([N+](=O)[O-])c1)C1C(c2ccccc2)C2CCCN2[C@@]12C(=O)Nc1ccccc12. The Morgan fingerprint density at radius 2 is 1.79 bits per heavy atom. The summed E-state index contributed by atoms with van der Waals surface area (Å²) in [5.74, 6) is -1.36. The van der Waals surface area contributed by atoms with Crippen LogP contribution in [0.2, 0.25) is 0 Å². The van der Waals surface area contributed by atoms with E-state index in [0.29, 0.717) is 6.54 Å². The zero-order valence-electron chi connectivity index (χ0n) is 18.4. The van der Waals surface area contributed by atoms with Gasteiger partial charge in [-0.05, 0) is 31.0 Å². The fourth-order valence-corrected chi connectivity index (χ4v) is 6.52. The average molecular weight is 453 g/mol. The third kappa shape index (κ3) is 2.73. The van der Waals surface area contributed by atoms with Gasteiger partial charge in [0.25, 0.3) is 5.69 Å². The van der Waals surface area contributed by atoms with Crippen LogP contribution in [-0.4, -0.2) is 34.1 Å². The molecule has 7 nitrogen and oxygen atoms in total. The minimum absolute atomic E-state index is 0.0203. The summed E-state index contributed by atoms with van der Waals surface area (Å²) in [6, 6.07) is 23.4. The third-order valence-electron chi connectivity index (χ3n) is 7.72. The van der Waals surface area contributed by atoms with Gasteiger partial charge in [0.15, 0.2) is 5.78 Å². The molecule has 3 aromatic carbocycles. The Labute approximate surface area is 196 Å². The van der Waals surface area contributed by atoms with Crippen molar-refractivity contribution in [3.63, 3.8) is 0 Å². The van der Waals surface area contributed by atoms with Crippen molar-refractivity contribution in [3.05, 3.63) is 106 Å². The lowest BCUT2D eigenvalue weighted by atomic mass is 9.69. The van der Waals surface area contributed by atoms with E-state index in [1.807, 2.05) is 54.6 Å². The summed E-state index contributed by atoms with van der Waals surface area (Å²) in [4.78, 5) is 41.4. The number of fused-ring (bicyclic) bond motifs is 4. The highest BCUT2D eigenvalue weighted by Crippen LogP contribution is 2.61. The first-order chi connectivity index (χ1) is 16.5. The quantitative estimate of drug-likeness (QED) is 0.357. The Morgan fingerprint density at radius 3 is 2.59 bits per heavy atom. The fourth-order valence-electron chi connectivity index (χ4n) is 6.52. The van der Waals surface area contributed by atoms with Gasteiger partial charge < -0.3 is 5.32 Å². The number of carbonyl (C=O) groups is 2. The molecule has 0 aromatic heterocycles. The van der Waals surface area contributed by atoms with E-state index in [9.17, 15) is 19.7 Å². The second-order valence-corrected chi connectivity index (χ2v) is 9.25. The zero-order valence-corrected chi connectivity index (χ0v) is 18.4. The Morgan fingerprint density at radius 1 is 1.03 bits per heavy atom. The number of nitro benzene ring substituents is 1. The molecule has 1 amide bonds. The number of amides is 1. The molecule has 3 aliphatic rings. The van der Waals surface area contributed by atoms with Crippen molar-refractivity contribution >= 4 is 23.1 Å². The summed E-state index contributed by atoms with van der Waals surface area (Å²) in [5, 5.41) is 14.5. The van der Waals surface area contributed by atoms with Crippen LogP contribution in [0.4, 0.5) is 11.4 Å². The summed E-state index contributed by atoms with van der Waals surface area (Å²) in [6.07, 6.45) is 1.83. The Balaban J connectivity index is 1.60. The number of hydrogen-bond donors (Lipinski definition) is 1. The van der Waals surface area contributed by atoms with Gasteiger partial charge >= 0.3 is 0 Å². The van der Waals surface area contributed by atoms with Crippen molar-refractivity contribution in [3.8, 4) is 0 Å². The number of non-ortho nitro benzene ring substituents is 1. The highest BCUT2D eigenvalue weighted by atomic mass is 16.6. The van der Waals surface area contributed by atoms with Crippen LogP contribution in [0, 0.1) is 16.0 Å². The molecular weight excluding hydrogens is 430 g/mol. The number of Topliss-reactive ketones (excluding diaryl/α,β-unsaturated/α-hetero) is 1. The second-order valence-electron chi connectivity index (χ2n) is 9.25. The first kappa shape index (κ1) is 20.7. The van der Waals surface area contributed by atoms with Crippen molar-refractivity contribution in [2.24, 2.45) is 5.92 Å². The van der Waals surface area contributed by atoms with Gasteiger partial charge in [-0.15, -0.1) is 0 Å². The van der Waals surface area contributed by atoms with Gasteiger partial charge in [0.2, 0.25) is 5.91 Å². The van der Waals surface area contributed by atoms with Gasteiger partial charge in [-0.1, -0.05) is 60.7 Å². The second kappa shape index (κ2) is 7.60. The highest BCUT2D eigenvalue weighted by molar-refractivity contribution is 6.12. The lowest BCUT2D eigenvalue weighted by Crippen LogP contribution is -2.52. The summed E-state index contributed by atoms with van der Waals surface area (Å²) in [7, 11) is 0. The van der Waals surface area contributed by atoms with Gasteiger partial charge in [-0.25, -0.2) is 0 Å². The van der Waals surface area contributed by atoms with Crippen LogP contribution < -0.4 is 5.32 Å². The Bertz CT molecular complexity index is 1320. The number of hydrogen-bond acceptors (Lipinski definition) is 5. The molecule has 4 atom stereocenters. The topological polar surface area (TPSA) is 92.5 Å². The number of para-hydroxylation sites is 1. The Hall–Kier alpha value is -3.84. The van der Waals surface area contributed by atoms with Gasteiger partial charge in [-0.2, -0.15) is 0 Å². The van der Waals surface area contributed by atoms with E-state index in [1.165, 1.54) is 18.2 Å².